The van der Waals surface area contributed by atoms with Crippen molar-refractivity contribution in [3.63, 3.8) is 0 Å². The van der Waals surface area contributed by atoms with E-state index < -0.39 is 37.1 Å². The molecule has 3 aromatic carbocycles. The lowest BCUT2D eigenvalue weighted by Crippen LogP contribution is -2.47. The van der Waals surface area contributed by atoms with E-state index in [4.69, 9.17) is 14.2 Å². The van der Waals surface area contributed by atoms with Gasteiger partial charge in [-0.05, 0) is 16.7 Å². The molecular formula is C28H30FNO5. The van der Waals surface area contributed by atoms with Crippen LogP contribution in [0.1, 0.15) is 16.7 Å². The molecule has 1 N–H and O–H groups in total. The van der Waals surface area contributed by atoms with Gasteiger partial charge in [-0.1, -0.05) is 91.0 Å². The van der Waals surface area contributed by atoms with Crippen LogP contribution in [0.2, 0.25) is 0 Å². The fourth-order valence-electron chi connectivity index (χ4n) is 4.26. The SMILES string of the molecule is O=C(OCc1ccccc1)N1[C@@H](COCc2ccccc2)[C@H](F)[C@@H](OCc2ccccc2)[C@@H]1CO. The van der Waals surface area contributed by atoms with Crippen molar-refractivity contribution in [1.82, 2.24) is 4.90 Å². The van der Waals surface area contributed by atoms with E-state index in [-0.39, 0.29) is 26.4 Å². The zero-order valence-electron chi connectivity index (χ0n) is 19.4. The third-order valence-electron chi connectivity index (χ3n) is 6.06. The Morgan fingerprint density at radius 1 is 0.771 bits per heavy atom. The molecule has 0 aromatic heterocycles. The number of amides is 1. The van der Waals surface area contributed by atoms with E-state index in [1.165, 1.54) is 4.90 Å². The van der Waals surface area contributed by atoms with Crippen LogP contribution in [0.15, 0.2) is 91.0 Å². The summed E-state index contributed by atoms with van der Waals surface area (Å²) < 4.78 is 32.9. The van der Waals surface area contributed by atoms with Gasteiger partial charge in [-0.15, -0.1) is 0 Å². The number of halogens is 1. The molecule has 6 nitrogen and oxygen atoms in total. The Morgan fingerprint density at radius 3 is 1.83 bits per heavy atom. The summed E-state index contributed by atoms with van der Waals surface area (Å²) in [5, 5.41) is 10.1. The van der Waals surface area contributed by atoms with Crippen molar-refractivity contribution in [2.45, 2.75) is 44.2 Å². The molecular weight excluding hydrogens is 449 g/mol. The van der Waals surface area contributed by atoms with Crippen LogP contribution in [-0.4, -0.2) is 53.7 Å². The van der Waals surface area contributed by atoms with Gasteiger partial charge in [0.15, 0.2) is 6.17 Å². The number of carbonyl (C=O) groups is 1. The number of alkyl halides is 1. The van der Waals surface area contributed by atoms with Crippen molar-refractivity contribution in [2.24, 2.45) is 0 Å². The standard InChI is InChI=1S/C28H30FNO5/c29-26-25(20-33-17-21-10-4-1-5-11-21)30(28(32)35-19-23-14-8-3-9-15-23)24(16-31)27(26)34-18-22-12-6-2-7-13-22/h1-15,24-27,31H,16-20H2/t24-,25-,26-,27-/m0/s1. The molecule has 1 aliphatic heterocycles. The molecule has 0 spiro atoms. The van der Waals surface area contributed by atoms with Crippen LogP contribution in [0.5, 0.6) is 0 Å². The van der Waals surface area contributed by atoms with Crippen molar-refractivity contribution in [1.29, 1.82) is 0 Å². The van der Waals surface area contributed by atoms with Gasteiger partial charge >= 0.3 is 6.09 Å². The highest BCUT2D eigenvalue weighted by molar-refractivity contribution is 5.69. The normalized spacial score (nSPS) is 21.7. The van der Waals surface area contributed by atoms with Crippen molar-refractivity contribution < 1.29 is 28.5 Å². The van der Waals surface area contributed by atoms with Crippen molar-refractivity contribution in [3.05, 3.63) is 108 Å². The van der Waals surface area contributed by atoms with Gasteiger partial charge in [0.25, 0.3) is 0 Å². The minimum atomic E-state index is -1.56. The highest BCUT2D eigenvalue weighted by atomic mass is 19.1. The molecule has 3 aromatic rings. The lowest BCUT2D eigenvalue weighted by molar-refractivity contribution is -0.0262. The Hall–Kier alpha value is -3.26. The number of benzene rings is 3. The molecule has 1 saturated heterocycles. The van der Waals surface area contributed by atoms with E-state index in [0.29, 0.717) is 0 Å². The van der Waals surface area contributed by atoms with Crippen LogP contribution in [0.4, 0.5) is 9.18 Å². The average molecular weight is 480 g/mol. The molecule has 0 saturated carbocycles. The summed E-state index contributed by atoms with van der Waals surface area (Å²) in [5.41, 5.74) is 2.62. The molecule has 1 fully saturated rings. The third-order valence-corrected chi connectivity index (χ3v) is 6.06. The second-order valence-electron chi connectivity index (χ2n) is 8.47. The maximum atomic E-state index is 15.7. The Bertz CT molecular complexity index is 1040. The molecule has 1 aliphatic rings. The van der Waals surface area contributed by atoms with Gasteiger partial charge in [0.2, 0.25) is 0 Å². The van der Waals surface area contributed by atoms with Crippen LogP contribution in [0.3, 0.4) is 0 Å². The first kappa shape index (κ1) is 24.9. The van der Waals surface area contributed by atoms with Crippen molar-refractivity contribution in [2.75, 3.05) is 13.2 Å². The maximum Gasteiger partial charge on any atom is 0.410 e. The van der Waals surface area contributed by atoms with Gasteiger partial charge in [0.05, 0.1) is 38.5 Å². The fraction of sp³-hybridized carbons (Fsp3) is 0.321. The molecule has 4 rings (SSSR count). The van der Waals surface area contributed by atoms with Gasteiger partial charge in [-0.3, -0.25) is 4.90 Å². The van der Waals surface area contributed by atoms with Crippen LogP contribution in [0, 0.1) is 0 Å². The number of aliphatic hydroxyl groups excluding tert-OH is 1. The molecule has 0 aliphatic carbocycles. The highest BCUT2D eigenvalue weighted by Crippen LogP contribution is 2.32. The monoisotopic (exact) mass is 479 g/mol. The minimum absolute atomic E-state index is 0.0401. The molecule has 0 unspecified atom stereocenters. The summed E-state index contributed by atoms with van der Waals surface area (Å²) in [6, 6.07) is 26.3. The summed E-state index contributed by atoms with van der Waals surface area (Å²) in [6.07, 6.45) is -3.29. The molecule has 1 heterocycles. The van der Waals surface area contributed by atoms with E-state index in [1.54, 1.807) is 0 Å². The number of likely N-dealkylation sites (tertiary alicyclic amines) is 1. The Morgan fingerprint density at radius 2 is 1.29 bits per heavy atom. The second kappa shape index (κ2) is 12.4. The first-order valence-electron chi connectivity index (χ1n) is 11.7. The summed E-state index contributed by atoms with van der Waals surface area (Å²) in [4.78, 5) is 14.4. The maximum absolute atomic E-state index is 15.7. The van der Waals surface area contributed by atoms with Crippen LogP contribution in [0.25, 0.3) is 0 Å². The predicted octanol–water partition coefficient (Wildman–Crippen LogP) is 4.51. The first-order valence-corrected chi connectivity index (χ1v) is 11.7. The van der Waals surface area contributed by atoms with Crippen molar-refractivity contribution >= 4 is 6.09 Å². The largest absolute Gasteiger partial charge is 0.445 e. The molecule has 1 amide bonds. The van der Waals surface area contributed by atoms with E-state index in [0.717, 1.165) is 16.7 Å². The van der Waals surface area contributed by atoms with E-state index in [2.05, 4.69) is 0 Å². The van der Waals surface area contributed by atoms with Gasteiger partial charge in [-0.25, -0.2) is 9.18 Å². The van der Waals surface area contributed by atoms with Crippen LogP contribution < -0.4 is 0 Å². The Kier molecular flexibility index (Phi) is 8.84. The number of aliphatic hydroxyl groups is 1. The number of ether oxygens (including phenoxy) is 3. The fourth-order valence-corrected chi connectivity index (χ4v) is 4.26. The highest BCUT2D eigenvalue weighted by Gasteiger charge is 2.53. The van der Waals surface area contributed by atoms with Gasteiger partial charge < -0.3 is 19.3 Å². The summed E-state index contributed by atoms with van der Waals surface area (Å²) in [6.45, 7) is -0.0463. The molecule has 35 heavy (non-hydrogen) atoms. The molecule has 184 valence electrons. The first-order chi connectivity index (χ1) is 17.2. The minimum Gasteiger partial charge on any atom is -0.445 e. The molecule has 4 atom stereocenters. The average Bonchev–Trinajstić information content (AvgIpc) is 3.18. The zero-order chi connectivity index (χ0) is 24.5. The third kappa shape index (κ3) is 6.45. The van der Waals surface area contributed by atoms with Gasteiger partial charge in [0.1, 0.15) is 12.7 Å². The summed E-state index contributed by atoms with van der Waals surface area (Å²) >= 11 is 0. The quantitative estimate of drug-likeness (QED) is 0.464. The second-order valence-corrected chi connectivity index (χ2v) is 8.47. The number of hydrogen-bond donors (Lipinski definition) is 1. The number of rotatable bonds is 10. The number of hydrogen-bond acceptors (Lipinski definition) is 5. The number of carbonyl (C=O) groups excluding carboxylic acids is 1. The smallest absolute Gasteiger partial charge is 0.410 e. The summed E-state index contributed by atoms with van der Waals surface area (Å²) in [7, 11) is 0. The van der Waals surface area contributed by atoms with Crippen LogP contribution >= 0.6 is 0 Å². The van der Waals surface area contributed by atoms with E-state index >= 15 is 4.39 Å². The van der Waals surface area contributed by atoms with Gasteiger partial charge in [0, 0.05) is 0 Å². The Labute approximate surface area is 204 Å². The van der Waals surface area contributed by atoms with Gasteiger partial charge in [-0.2, -0.15) is 0 Å². The van der Waals surface area contributed by atoms with Crippen LogP contribution in [-0.2, 0) is 34.0 Å². The Balaban J connectivity index is 1.47. The summed E-state index contributed by atoms with van der Waals surface area (Å²) in [5.74, 6) is 0. The predicted molar refractivity (Wildman–Crippen MR) is 129 cm³/mol. The number of nitrogens with zero attached hydrogens (tertiary/aromatic N) is 1. The van der Waals surface area contributed by atoms with E-state index in [1.807, 2.05) is 91.0 Å². The molecule has 7 heteroatoms. The lowest BCUT2D eigenvalue weighted by atomic mass is 10.1. The topological polar surface area (TPSA) is 68.2 Å². The molecule has 0 bridgehead atoms. The van der Waals surface area contributed by atoms with Crippen molar-refractivity contribution in [3.8, 4) is 0 Å². The lowest BCUT2D eigenvalue weighted by Gasteiger charge is -2.29. The molecule has 0 radical (unpaired) electrons. The van der Waals surface area contributed by atoms with E-state index in [9.17, 15) is 9.90 Å². The zero-order valence-corrected chi connectivity index (χ0v) is 19.4.